The van der Waals surface area contributed by atoms with Crippen LogP contribution in [0.15, 0.2) is 18.3 Å². The summed E-state index contributed by atoms with van der Waals surface area (Å²) in [6, 6.07) is 3.67. The Bertz CT molecular complexity index is 810. The molecule has 0 aliphatic carbocycles. The van der Waals surface area contributed by atoms with Crippen LogP contribution in [0, 0.1) is 11.8 Å². The zero-order valence-corrected chi connectivity index (χ0v) is 14.5. The molecule has 25 heavy (non-hydrogen) atoms. The maximum atomic E-state index is 8.89. The Labute approximate surface area is 147 Å². The van der Waals surface area contributed by atoms with Crippen LogP contribution in [0.3, 0.4) is 0 Å². The predicted molar refractivity (Wildman–Crippen MR) is 96.6 cm³/mol. The minimum Gasteiger partial charge on any atom is -0.495 e. The van der Waals surface area contributed by atoms with Gasteiger partial charge in [0.05, 0.1) is 25.5 Å². The zero-order valence-electron chi connectivity index (χ0n) is 14.5. The summed E-state index contributed by atoms with van der Waals surface area (Å²) in [4.78, 5) is 7.81. The maximum Gasteiger partial charge on any atom is 0.222 e. The van der Waals surface area contributed by atoms with Gasteiger partial charge in [-0.2, -0.15) is 4.98 Å². The number of aliphatic hydroxyl groups is 1. The van der Waals surface area contributed by atoms with Crippen molar-refractivity contribution in [2.45, 2.75) is 26.2 Å². The number of hydrogen-bond acceptors (Lipinski definition) is 7. The van der Waals surface area contributed by atoms with Crippen molar-refractivity contribution < 1.29 is 14.6 Å². The molecule has 0 atom stereocenters. The molecule has 0 saturated heterocycles. The summed E-state index contributed by atoms with van der Waals surface area (Å²) in [5.74, 6) is 7.83. The van der Waals surface area contributed by atoms with Crippen LogP contribution in [0.2, 0.25) is 0 Å². The summed E-state index contributed by atoms with van der Waals surface area (Å²) in [5.41, 5.74) is 13.0. The maximum absolute atomic E-state index is 8.89. The Hall–Kier alpha value is -2.98. The fraction of sp³-hybridized carbons (Fsp3) is 0.333. The number of ether oxygens (including phenoxy) is 2. The lowest BCUT2D eigenvalue weighted by Gasteiger charge is -2.17. The minimum atomic E-state index is 0.00204. The third-order valence-corrected chi connectivity index (χ3v) is 3.44. The molecule has 7 heteroatoms. The molecule has 0 fully saturated rings. The van der Waals surface area contributed by atoms with Crippen LogP contribution in [0.25, 0.3) is 0 Å². The van der Waals surface area contributed by atoms with Gasteiger partial charge in [0.1, 0.15) is 11.5 Å². The molecule has 1 heterocycles. The van der Waals surface area contributed by atoms with Gasteiger partial charge in [0, 0.05) is 18.1 Å². The highest BCUT2D eigenvalue weighted by Gasteiger charge is 2.16. The van der Waals surface area contributed by atoms with Gasteiger partial charge in [-0.1, -0.05) is 25.7 Å². The van der Waals surface area contributed by atoms with Gasteiger partial charge < -0.3 is 26.0 Å². The number of rotatable bonds is 5. The number of benzene rings is 1. The van der Waals surface area contributed by atoms with E-state index in [4.69, 9.17) is 26.0 Å². The molecule has 1 aromatic carbocycles. The number of nitrogens with two attached hydrogens (primary N) is 2. The molecule has 7 nitrogen and oxygen atoms in total. The van der Waals surface area contributed by atoms with E-state index in [1.54, 1.807) is 13.2 Å². The summed E-state index contributed by atoms with van der Waals surface area (Å²) in [6.07, 6.45) is 1.81. The van der Waals surface area contributed by atoms with Crippen LogP contribution in [0.5, 0.6) is 17.2 Å². The summed E-state index contributed by atoms with van der Waals surface area (Å²) in [5, 5.41) is 8.89. The van der Waals surface area contributed by atoms with E-state index in [1.807, 2.05) is 19.9 Å². The third kappa shape index (κ3) is 4.52. The van der Waals surface area contributed by atoms with Gasteiger partial charge in [0.25, 0.3) is 0 Å². The van der Waals surface area contributed by atoms with E-state index in [0.717, 1.165) is 5.56 Å². The van der Waals surface area contributed by atoms with Crippen LogP contribution in [0.1, 0.15) is 37.3 Å². The van der Waals surface area contributed by atoms with Crippen molar-refractivity contribution in [3.05, 3.63) is 29.5 Å². The highest BCUT2D eigenvalue weighted by atomic mass is 16.5. The lowest BCUT2D eigenvalue weighted by molar-refractivity contribution is 0.305. The molecule has 0 unspecified atom stereocenters. The standard InChI is InChI=1S/C18H22N4O3/c1-11(2)13-9-14(24-3)12(6-4-5-7-23)8-15(13)25-16-10-21-18(20)22-17(16)19/h8-11,23H,5,7H2,1-3H3,(H4,19,20,21,22). The van der Waals surface area contributed by atoms with Crippen molar-refractivity contribution in [1.82, 2.24) is 9.97 Å². The van der Waals surface area contributed by atoms with Crippen LogP contribution < -0.4 is 20.9 Å². The molecular formula is C18H22N4O3. The Morgan fingerprint density at radius 3 is 2.56 bits per heavy atom. The molecule has 132 valence electrons. The first-order valence-electron chi connectivity index (χ1n) is 7.83. The lowest BCUT2D eigenvalue weighted by atomic mass is 9.99. The molecule has 0 radical (unpaired) electrons. The molecule has 0 spiro atoms. The fourth-order valence-corrected chi connectivity index (χ4v) is 2.19. The van der Waals surface area contributed by atoms with Crippen LogP contribution in [0.4, 0.5) is 11.8 Å². The Morgan fingerprint density at radius 1 is 1.20 bits per heavy atom. The molecule has 0 saturated carbocycles. The second kappa shape index (κ2) is 8.22. The number of nitrogen functional groups attached to an aromatic ring is 2. The van der Waals surface area contributed by atoms with E-state index in [-0.39, 0.29) is 24.3 Å². The highest BCUT2D eigenvalue weighted by Crippen LogP contribution is 2.37. The summed E-state index contributed by atoms with van der Waals surface area (Å²) in [7, 11) is 1.59. The Kier molecular flexibility index (Phi) is 6.03. The normalized spacial score (nSPS) is 10.3. The lowest BCUT2D eigenvalue weighted by Crippen LogP contribution is -2.03. The summed E-state index contributed by atoms with van der Waals surface area (Å²) < 4.78 is 11.3. The van der Waals surface area contributed by atoms with Gasteiger partial charge in [-0.25, -0.2) is 4.98 Å². The fourth-order valence-electron chi connectivity index (χ4n) is 2.19. The molecule has 1 aromatic heterocycles. The average molecular weight is 342 g/mol. The van der Waals surface area contributed by atoms with Gasteiger partial charge in [-0.3, -0.25) is 0 Å². The topological polar surface area (TPSA) is 117 Å². The number of methoxy groups -OCH3 is 1. The van der Waals surface area contributed by atoms with E-state index >= 15 is 0 Å². The number of anilines is 2. The van der Waals surface area contributed by atoms with Crippen molar-refractivity contribution in [2.75, 3.05) is 25.2 Å². The average Bonchev–Trinajstić information content (AvgIpc) is 2.57. The second-order valence-corrected chi connectivity index (χ2v) is 5.60. The number of hydrogen-bond donors (Lipinski definition) is 3. The SMILES string of the molecule is COc1cc(C(C)C)c(Oc2cnc(N)nc2N)cc1C#CCCO. The van der Waals surface area contributed by atoms with E-state index < -0.39 is 0 Å². The first kappa shape index (κ1) is 18.4. The van der Waals surface area contributed by atoms with Crippen LogP contribution in [-0.2, 0) is 0 Å². The quantitative estimate of drug-likeness (QED) is 0.714. The third-order valence-electron chi connectivity index (χ3n) is 3.44. The Balaban J connectivity index is 2.50. The van der Waals surface area contributed by atoms with E-state index in [1.165, 1.54) is 6.20 Å². The van der Waals surface area contributed by atoms with Crippen molar-refractivity contribution >= 4 is 11.8 Å². The summed E-state index contributed by atoms with van der Waals surface area (Å²) in [6.45, 7) is 4.09. The highest BCUT2D eigenvalue weighted by molar-refractivity contribution is 5.57. The van der Waals surface area contributed by atoms with Gasteiger partial charge >= 0.3 is 0 Å². The second-order valence-electron chi connectivity index (χ2n) is 5.60. The van der Waals surface area contributed by atoms with E-state index in [0.29, 0.717) is 29.2 Å². The van der Waals surface area contributed by atoms with Crippen LogP contribution in [-0.4, -0.2) is 28.8 Å². The Morgan fingerprint density at radius 2 is 1.96 bits per heavy atom. The largest absolute Gasteiger partial charge is 0.495 e. The molecule has 0 bridgehead atoms. The predicted octanol–water partition coefficient (Wildman–Crippen LogP) is 2.30. The van der Waals surface area contributed by atoms with Gasteiger partial charge in [0.2, 0.25) is 5.95 Å². The van der Waals surface area contributed by atoms with Gasteiger partial charge in [0.15, 0.2) is 11.6 Å². The molecule has 2 aromatic rings. The van der Waals surface area contributed by atoms with E-state index in [2.05, 4.69) is 21.8 Å². The molecule has 0 aliphatic rings. The number of aliphatic hydroxyl groups excluding tert-OH is 1. The first-order chi connectivity index (χ1) is 12.0. The van der Waals surface area contributed by atoms with Gasteiger partial charge in [-0.15, -0.1) is 0 Å². The molecule has 0 amide bonds. The molecule has 2 rings (SSSR count). The number of aromatic nitrogens is 2. The minimum absolute atomic E-state index is 0.00204. The summed E-state index contributed by atoms with van der Waals surface area (Å²) >= 11 is 0. The van der Waals surface area contributed by atoms with Gasteiger partial charge in [-0.05, 0) is 12.0 Å². The molecule has 0 aliphatic heterocycles. The smallest absolute Gasteiger partial charge is 0.222 e. The molecule has 5 N–H and O–H groups in total. The molecular weight excluding hydrogens is 320 g/mol. The van der Waals surface area contributed by atoms with Crippen molar-refractivity contribution in [1.29, 1.82) is 0 Å². The zero-order chi connectivity index (χ0) is 18.4. The van der Waals surface area contributed by atoms with Crippen LogP contribution >= 0.6 is 0 Å². The monoisotopic (exact) mass is 342 g/mol. The van der Waals surface area contributed by atoms with E-state index in [9.17, 15) is 0 Å². The first-order valence-corrected chi connectivity index (χ1v) is 7.83. The van der Waals surface area contributed by atoms with Crippen molar-refractivity contribution in [3.63, 3.8) is 0 Å². The van der Waals surface area contributed by atoms with Crippen molar-refractivity contribution in [3.8, 4) is 29.1 Å². The van der Waals surface area contributed by atoms with Crippen molar-refractivity contribution in [2.24, 2.45) is 0 Å². The number of nitrogens with zero attached hydrogens (tertiary/aromatic N) is 2.